The van der Waals surface area contributed by atoms with Crippen molar-refractivity contribution in [3.8, 4) is 0 Å². The molecule has 0 radical (unpaired) electrons. The maximum absolute atomic E-state index is 10.9. The minimum Gasteiger partial charge on any atom is -0.443 e. The van der Waals surface area contributed by atoms with Gasteiger partial charge in [0.2, 0.25) is 0 Å². The van der Waals surface area contributed by atoms with E-state index in [1.54, 1.807) is 9.47 Å². The normalized spacial score (nSPS) is 15.6. The van der Waals surface area contributed by atoms with Gasteiger partial charge in [-0.2, -0.15) is 0 Å². The Morgan fingerprint density at radius 2 is 1.64 bits per heavy atom. The molecule has 1 aliphatic heterocycles. The number of carbonyl (C=O) groups excluding carboxylic acids is 4. The molecule has 14 heavy (non-hydrogen) atoms. The molecule has 8 heteroatoms. The summed E-state index contributed by atoms with van der Waals surface area (Å²) in [5, 5.41) is 0.268. The zero-order valence-electron chi connectivity index (χ0n) is 6.89. The van der Waals surface area contributed by atoms with Crippen molar-refractivity contribution in [3.63, 3.8) is 0 Å². The van der Waals surface area contributed by atoms with Gasteiger partial charge >= 0.3 is 11.9 Å². The first-order valence-corrected chi connectivity index (χ1v) is 4.02. The molecule has 0 aromatic rings. The second kappa shape index (κ2) is 4.15. The summed E-state index contributed by atoms with van der Waals surface area (Å²) in [6.07, 6.45) is -0.0515. The van der Waals surface area contributed by atoms with E-state index in [1.807, 2.05) is 0 Å². The van der Waals surface area contributed by atoms with E-state index in [2.05, 4.69) is 9.36 Å². The van der Waals surface area contributed by atoms with Crippen molar-refractivity contribution < 1.29 is 28.5 Å². The van der Waals surface area contributed by atoms with Crippen LogP contribution in [0.3, 0.4) is 0 Å². The Balaban J connectivity index is 2.60. The average Bonchev–Trinajstić information content (AvgIpc) is 2.48. The summed E-state index contributed by atoms with van der Waals surface area (Å²) in [6.45, 7) is 0. The van der Waals surface area contributed by atoms with Crippen LogP contribution in [-0.2, 0) is 28.5 Å². The highest BCUT2D eigenvalue weighted by atomic mass is 31.0. The predicted octanol–water partition coefficient (Wildman–Crippen LogP) is -1.07. The third kappa shape index (κ3) is 2.05. The molecule has 1 atom stereocenters. The molecule has 0 aromatic heterocycles. The van der Waals surface area contributed by atoms with E-state index < -0.39 is 23.8 Å². The molecule has 1 saturated heterocycles. The van der Waals surface area contributed by atoms with Crippen LogP contribution in [0.1, 0.15) is 12.8 Å². The Morgan fingerprint density at radius 3 is 2.07 bits per heavy atom. The van der Waals surface area contributed by atoms with Gasteiger partial charge in [-0.15, -0.1) is 5.06 Å². The summed E-state index contributed by atoms with van der Waals surface area (Å²) in [6, 6.07) is 0. The van der Waals surface area contributed by atoms with Gasteiger partial charge in [0.1, 0.15) is 0 Å². The fourth-order valence-electron chi connectivity index (χ4n) is 0.826. The van der Waals surface area contributed by atoms with Crippen molar-refractivity contribution in [2.75, 3.05) is 0 Å². The number of rotatable bonds is 1. The highest BCUT2D eigenvalue weighted by molar-refractivity contribution is 7.11. The molecule has 1 heterocycles. The van der Waals surface area contributed by atoms with E-state index in [0.29, 0.717) is 0 Å². The highest BCUT2D eigenvalue weighted by Crippen LogP contribution is 2.12. The van der Waals surface area contributed by atoms with Crippen LogP contribution in [0, 0.1) is 0 Å². The fourth-order valence-corrected chi connectivity index (χ4v) is 0.922. The highest BCUT2D eigenvalue weighted by Gasteiger charge is 2.34. The van der Waals surface area contributed by atoms with Crippen LogP contribution in [0.25, 0.3) is 0 Å². The lowest BCUT2D eigenvalue weighted by atomic mass is 10.4. The van der Waals surface area contributed by atoms with Gasteiger partial charge in [0.05, 0.1) is 9.47 Å². The number of hydroxylamine groups is 2. The minimum atomic E-state index is -1.41. The number of hydrogen-bond acceptors (Lipinski definition) is 6. The number of amides is 2. The van der Waals surface area contributed by atoms with E-state index >= 15 is 0 Å². The van der Waals surface area contributed by atoms with Crippen LogP contribution in [0.2, 0.25) is 0 Å². The first-order valence-electron chi connectivity index (χ1n) is 3.55. The van der Waals surface area contributed by atoms with Gasteiger partial charge in [-0.3, -0.25) is 9.59 Å². The largest absolute Gasteiger partial charge is 0.443 e. The molecule has 1 unspecified atom stereocenters. The second-order valence-corrected chi connectivity index (χ2v) is 2.60. The van der Waals surface area contributed by atoms with E-state index in [4.69, 9.17) is 0 Å². The quantitative estimate of drug-likeness (QED) is 0.317. The molecule has 7 nitrogen and oxygen atoms in total. The molecule has 0 N–H and O–H groups in total. The van der Waals surface area contributed by atoms with Crippen LogP contribution in [0.4, 0.5) is 0 Å². The Hall–Kier alpha value is -1.49. The number of carbonyl (C=O) groups is 4. The summed E-state index contributed by atoms with van der Waals surface area (Å²) >= 11 is 0. The van der Waals surface area contributed by atoms with Crippen molar-refractivity contribution in [1.29, 1.82) is 0 Å². The number of hydrogen-bond donors (Lipinski definition) is 0. The van der Waals surface area contributed by atoms with Crippen molar-refractivity contribution in [1.82, 2.24) is 5.06 Å². The monoisotopic (exact) mass is 219 g/mol. The van der Waals surface area contributed by atoms with Crippen LogP contribution in [-0.4, -0.2) is 28.8 Å². The SMILES string of the molecule is O=C(OP)C(=O)ON1C(=O)CCC1=O. The van der Waals surface area contributed by atoms with Crippen molar-refractivity contribution >= 4 is 33.2 Å². The van der Waals surface area contributed by atoms with Gasteiger partial charge < -0.3 is 9.36 Å². The smallest absolute Gasteiger partial charge is 0.442 e. The van der Waals surface area contributed by atoms with E-state index in [9.17, 15) is 19.2 Å². The Morgan fingerprint density at radius 1 is 1.14 bits per heavy atom. The molecule has 1 fully saturated rings. The fraction of sp³-hybridized carbons (Fsp3) is 0.333. The maximum atomic E-state index is 10.9. The van der Waals surface area contributed by atoms with Gasteiger partial charge in [-0.25, -0.2) is 9.59 Å². The predicted molar refractivity (Wildman–Crippen MR) is 43.0 cm³/mol. The van der Waals surface area contributed by atoms with Crippen LogP contribution >= 0.6 is 9.47 Å². The first kappa shape index (κ1) is 10.6. The summed E-state index contributed by atoms with van der Waals surface area (Å²) in [7, 11) is 1.55. The number of imide groups is 1. The molecule has 1 rings (SSSR count). The lowest BCUT2D eigenvalue weighted by Crippen LogP contribution is -2.34. The first-order chi connectivity index (χ1) is 6.56. The lowest BCUT2D eigenvalue weighted by molar-refractivity contribution is -0.200. The standard InChI is InChI=1S/C6H6NO6P/c8-3-1-2-4(9)7(3)12-5(10)6(11)13-14/h1-2,14H2. The topological polar surface area (TPSA) is 90.0 Å². The molecule has 0 spiro atoms. The Kier molecular flexibility index (Phi) is 3.14. The zero-order valence-corrected chi connectivity index (χ0v) is 8.04. The molecule has 0 saturated carbocycles. The number of nitrogens with zero attached hydrogens (tertiary/aromatic N) is 1. The summed E-state index contributed by atoms with van der Waals surface area (Å²) in [5.41, 5.74) is 0. The minimum absolute atomic E-state index is 0.0258. The van der Waals surface area contributed by atoms with Crippen LogP contribution < -0.4 is 0 Å². The van der Waals surface area contributed by atoms with Gasteiger partial charge in [0, 0.05) is 12.8 Å². The summed E-state index contributed by atoms with van der Waals surface area (Å²) < 4.78 is 3.95. The molecular weight excluding hydrogens is 213 g/mol. The van der Waals surface area contributed by atoms with Gasteiger partial charge in [-0.05, 0) is 0 Å². The van der Waals surface area contributed by atoms with Crippen LogP contribution in [0.5, 0.6) is 0 Å². The molecule has 0 bridgehead atoms. The average molecular weight is 219 g/mol. The maximum Gasteiger partial charge on any atom is 0.442 e. The van der Waals surface area contributed by atoms with Gasteiger partial charge in [0.25, 0.3) is 11.8 Å². The lowest BCUT2D eigenvalue weighted by Gasteiger charge is -2.10. The van der Waals surface area contributed by atoms with E-state index in [-0.39, 0.29) is 17.9 Å². The molecule has 2 amide bonds. The second-order valence-electron chi connectivity index (χ2n) is 2.37. The van der Waals surface area contributed by atoms with E-state index in [0.717, 1.165) is 0 Å². The zero-order chi connectivity index (χ0) is 10.7. The summed E-state index contributed by atoms with van der Waals surface area (Å²) in [5.74, 6) is -4.02. The summed E-state index contributed by atoms with van der Waals surface area (Å²) in [4.78, 5) is 47.3. The third-order valence-corrected chi connectivity index (χ3v) is 1.67. The molecule has 0 aliphatic carbocycles. The molecule has 76 valence electrons. The molecule has 1 aliphatic rings. The van der Waals surface area contributed by atoms with E-state index in [1.165, 1.54) is 0 Å². The molecule has 0 aromatic carbocycles. The van der Waals surface area contributed by atoms with Crippen molar-refractivity contribution in [3.05, 3.63) is 0 Å². The van der Waals surface area contributed by atoms with Gasteiger partial charge in [0.15, 0.2) is 0 Å². The van der Waals surface area contributed by atoms with Gasteiger partial charge in [-0.1, -0.05) is 0 Å². The Bertz CT molecular complexity index is 297. The van der Waals surface area contributed by atoms with Crippen molar-refractivity contribution in [2.45, 2.75) is 12.8 Å². The van der Waals surface area contributed by atoms with Crippen LogP contribution in [0.15, 0.2) is 0 Å². The molecular formula is C6H6NO6P. The Labute approximate surface area is 80.6 Å². The third-order valence-electron chi connectivity index (χ3n) is 1.45. The van der Waals surface area contributed by atoms with Crippen molar-refractivity contribution in [2.24, 2.45) is 0 Å².